The van der Waals surface area contributed by atoms with Gasteiger partial charge in [-0.2, -0.15) is 0 Å². The highest BCUT2D eigenvalue weighted by atomic mass is 16.2. The summed E-state index contributed by atoms with van der Waals surface area (Å²) in [5.74, 6) is -0.358. The monoisotopic (exact) mass is 325 g/mol. The van der Waals surface area contributed by atoms with E-state index in [1.54, 1.807) is 6.92 Å². The number of amides is 3. The molecule has 0 aromatic heterocycles. The molecule has 0 aliphatic carbocycles. The van der Waals surface area contributed by atoms with Crippen molar-refractivity contribution in [1.29, 1.82) is 0 Å². The minimum absolute atomic E-state index is 0.0133. The van der Waals surface area contributed by atoms with Gasteiger partial charge in [0, 0.05) is 12.6 Å². The van der Waals surface area contributed by atoms with Crippen LogP contribution in [0.2, 0.25) is 0 Å². The maximum absolute atomic E-state index is 12.1. The van der Waals surface area contributed by atoms with E-state index in [0.29, 0.717) is 6.54 Å². The zero-order chi connectivity index (χ0) is 17.4. The number of hydrogen-bond donors (Lipinski definition) is 3. The van der Waals surface area contributed by atoms with Gasteiger partial charge in [0.15, 0.2) is 0 Å². The van der Waals surface area contributed by atoms with Crippen LogP contribution in [0.4, 0.5) is 4.79 Å². The first kappa shape index (κ1) is 17.7. The number of nitrogens with one attached hydrogen (secondary N) is 3. The van der Waals surface area contributed by atoms with Crippen molar-refractivity contribution in [2.24, 2.45) is 0 Å². The maximum atomic E-state index is 12.1. The third-order valence-corrected chi connectivity index (χ3v) is 3.73. The molecule has 5 nitrogen and oxygen atoms in total. The SMILES string of the molecule is C[C@@H](N[C@H](C)c1ccccc1)C(=O)NC(=O)NCc1ccccc1. The summed E-state index contributed by atoms with van der Waals surface area (Å²) in [5.41, 5.74) is 2.06. The lowest BCUT2D eigenvalue weighted by Crippen LogP contribution is -2.48. The smallest absolute Gasteiger partial charge is 0.321 e. The Morgan fingerprint density at radius 3 is 2.12 bits per heavy atom. The molecule has 2 rings (SSSR count). The third kappa shape index (κ3) is 5.52. The van der Waals surface area contributed by atoms with E-state index < -0.39 is 12.1 Å². The fourth-order valence-electron chi connectivity index (χ4n) is 2.33. The molecule has 0 fully saturated rings. The number of benzene rings is 2. The van der Waals surface area contributed by atoms with Gasteiger partial charge in [-0.1, -0.05) is 60.7 Å². The topological polar surface area (TPSA) is 70.2 Å². The second-order valence-corrected chi connectivity index (χ2v) is 5.68. The molecule has 0 aliphatic rings. The lowest BCUT2D eigenvalue weighted by molar-refractivity contribution is -0.121. The fourth-order valence-corrected chi connectivity index (χ4v) is 2.33. The van der Waals surface area contributed by atoms with Crippen LogP contribution in [-0.4, -0.2) is 18.0 Å². The molecule has 0 saturated carbocycles. The van der Waals surface area contributed by atoms with Gasteiger partial charge in [0.25, 0.3) is 0 Å². The van der Waals surface area contributed by atoms with E-state index >= 15 is 0 Å². The average molecular weight is 325 g/mol. The van der Waals surface area contributed by atoms with Crippen LogP contribution in [0.1, 0.15) is 31.0 Å². The highest BCUT2D eigenvalue weighted by molar-refractivity contribution is 5.96. The summed E-state index contributed by atoms with van der Waals surface area (Å²) in [6.45, 7) is 4.09. The molecule has 24 heavy (non-hydrogen) atoms. The van der Waals surface area contributed by atoms with E-state index in [0.717, 1.165) is 11.1 Å². The molecule has 0 bridgehead atoms. The molecule has 126 valence electrons. The summed E-state index contributed by atoms with van der Waals surface area (Å²) >= 11 is 0. The van der Waals surface area contributed by atoms with Crippen LogP contribution in [0.3, 0.4) is 0 Å². The standard InChI is InChI=1S/C19H23N3O2/c1-14(17-11-7-4-8-12-17)21-15(2)18(23)22-19(24)20-13-16-9-5-3-6-10-16/h3-12,14-15,21H,13H2,1-2H3,(H2,20,22,23,24)/t14-,15-/m1/s1. The van der Waals surface area contributed by atoms with Gasteiger partial charge in [-0.25, -0.2) is 4.79 Å². The summed E-state index contributed by atoms with van der Waals surface area (Å²) in [6.07, 6.45) is 0. The van der Waals surface area contributed by atoms with Gasteiger partial charge in [0.05, 0.1) is 6.04 Å². The number of carbonyl (C=O) groups excluding carboxylic acids is 2. The Balaban J connectivity index is 1.77. The van der Waals surface area contributed by atoms with Crippen molar-refractivity contribution in [2.75, 3.05) is 0 Å². The van der Waals surface area contributed by atoms with Crippen LogP contribution in [0, 0.1) is 0 Å². The molecular formula is C19H23N3O2. The minimum Gasteiger partial charge on any atom is -0.334 e. The Morgan fingerprint density at radius 2 is 1.50 bits per heavy atom. The molecule has 3 N–H and O–H groups in total. The molecule has 0 saturated heterocycles. The van der Waals surface area contributed by atoms with Gasteiger partial charge >= 0.3 is 6.03 Å². The van der Waals surface area contributed by atoms with Crippen molar-refractivity contribution in [1.82, 2.24) is 16.0 Å². The normalized spacial score (nSPS) is 12.9. The molecule has 5 heteroatoms. The zero-order valence-electron chi connectivity index (χ0n) is 14.0. The first-order valence-corrected chi connectivity index (χ1v) is 8.00. The lowest BCUT2D eigenvalue weighted by atomic mass is 10.1. The number of rotatable bonds is 6. The highest BCUT2D eigenvalue weighted by Gasteiger charge is 2.18. The Morgan fingerprint density at radius 1 is 0.917 bits per heavy atom. The molecule has 0 heterocycles. The highest BCUT2D eigenvalue weighted by Crippen LogP contribution is 2.11. The second-order valence-electron chi connectivity index (χ2n) is 5.68. The van der Waals surface area contributed by atoms with E-state index in [4.69, 9.17) is 0 Å². The van der Waals surface area contributed by atoms with Crippen LogP contribution < -0.4 is 16.0 Å². The predicted molar refractivity (Wildman–Crippen MR) is 94.3 cm³/mol. The van der Waals surface area contributed by atoms with Gasteiger partial charge in [-0.15, -0.1) is 0 Å². The van der Waals surface area contributed by atoms with Gasteiger partial charge in [-0.3, -0.25) is 15.4 Å². The Bertz CT molecular complexity index is 659. The molecule has 0 spiro atoms. The Hall–Kier alpha value is -2.66. The van der Waals surface area contributed by atoms with Crippen LogP contribution in [0.15, 0.2) is 60.7 Å². The largest absolute Gasteiger partial charge is 0.334 e. The summed E-state index contributed by atoms with van der Waals surface area (Å²) in [4.78, 5) is 23.9. The van der Waals surface area contributed by atoms with E-state index in [-0.39, 0.29) is 11.9 Å². The average Bonchev–Trinajstić information content (AvgIpc) is 2.61. The second kappa shape index (κ2) is 8.84. The van der Waals surface area contributed by atoms with E-state index in [9.17, 15) is 9.59 Å². The van der Waals surface area contributed by atoms with Crippen molar-refractivity contribution in [3.63, 3.8) is 0 Å². The van der Waals surface area contributed by atoms with E-state index in [1.807, 2.05) is 67.6 Å². The Labute approximate surface area is 142 Å². The van der Waals surface area contributed by atoms with Crippen molar-refractivity contribution < 1.29 is 9.59 Å². The first-order valence-electron chi connectivity index (χ1n) is 8.00. The van der Waals surface area contributed by atoms with Crippen molar-refractivity contribution >= 4 is 11.9 Å². The quantitative estimate of drug-likeness (QED) is 0.765. The van der Waals surface area contributed by atoms with E-state index in [1.165, 1.54) is 0 Å². The molecule has 0 aliphatic heterocycles. The molecule has 2 atom stereocenters. The zero-order valence-corrected chi connectivity index (χ0v) is 14.0. The summed E-state index contributed by atoms with van der Waals surface area (Å²) in [6, 6.07) is 18.4. The van der Waals surface area contributed by atoms with Gasteiger partial charge in [0.1, 0.15) is 0 Å². The van der Waals surface area contributed by atoms with Gasteiger partial charge < -0.3 is 5.32 Å². The number of imide groups is 1. The summed E-state index contributed by atoms with van der Waals surface area (Å²) in [7, 11) is 0. The first-order chi connectivity index (χ1) is 11.6. The fraction of sp³-hybridized carbons (Fsp3) is 0.263. The summed E-state index contributed by atoms with van der Waals surface area (Å²) < 4.78 is 0. The molecule has 0 unspecified atom stereocenters. The van der Waals surface area contributed by atoms with Crippen LogP contribution in [-0.2, 0) is 11.3 Å². The van der Waals surface area contributed by atoms with Crippen molar-refractivity contribution in [2.45, 2.75) is 32.5 Å². The summed E-state index contributed by atoms with van der Waals surface area (Å²) in [5, 5.41) is 8.21. The van der Waals surface area contributed by atoms with Gasteiger partial charge in [-0.05, 0) is 25.0 Å². The van der Waals surface area contributed by atoms with Crippen molar-refractivity contribution in [3.8, 4) is 0 Å². The number of urea groups is 1. The maximum Gasteiger partial charge on any atom is 0.321 e. The lowest BCUT2D eigenvalue weighted by Gasteiger charge is -2.19. The Kier molecular flexibility index (Phi) is 6.51. The van der Waals surface area contributed by atoms with Crippen LogP contribution in [0.5, 0.6) is 0 Å². The van der Waals surface area contributed by atoms with Crippen molar-refractivity contribution in [3.05, 3.63) is 71.8 Å². The van der Waals surface area contributed by atoms with E-state index in [2.05, 4.69) is 16.0 Å². The predicted octanol–water partition coefficient (Wildman–Crippen LogP) is 2.75. The number of hydrogen-bond acceptors (Lipinski definition) is 3. The minimum atomic E-state index is -0.495. The number of carbonyl (C=O) groups is 2. The van der Waals surface area contributed by atoms with Crippen LogP contribution in [0.25, 0.3) is 0 Å². The molecule has 3 amide bonds. The molecule has 2 aromatic carbocycles. The van der Waals surface area contributed by atoms with Crippen LogP contribution >= 0.6 is 0 Å². The molecular weight excluding hydrogens is 302 g/mol. The van der Waals surface area contributed by atoms with Gasteiger partial charge in [0.2, 0.25) is 5.91 Å². The molecule has 0 radical (unpaired) electrons. The third-order valence-electron chi connectivity index (χ3n) is 3.73. The molecule has 2 aromatic rings.